The average molecular weight is 398 g/mol. The number of hydrogen-bond acceptors (Lipinski definition) is 5. The number of aromatic nitrogens is 4. The zero-order valence-electron chi connectivity index (χ0n) is 13.8. The second kappa shape index (κ2) is 6.33. The Morgan fingerprint density at radius 3 is 2.76 bits per heavy atom. The van der Waals surface area contributed by atoms with Crippen molar-refractivity contribution >= 4 is 38.6 Å². The maximum Gasteiger partial charge on any atom is 0.146 e. The molecule has 4 aromatic rings. The van der Waals surface area contributed by atoms with E-state index in [1.54, 1.807) is 18.8 Å². The maximum absolute atomic E-state index is 5.49. The van der Waals surface area contributed by atoms with E-state index in [9.17, 15) is 0 Å². The number of nitrogens with zero attached hydrogens (tertiary/aromatic N) is 4. The number of rotatable bonds is 4. The Balaban J connectivity index is 1.80. The van der Waals surface area contributed by atoms with Gasteiger partial charge in [-0.1, -0.05) is 0 Å². The predicted octanol–water partition coefficient (Wildman–Crippen LogP) is 4.59. The Morgan fingerprint density at radius 1 is 1.16 bits per heavy atom. The van der Waals surface area contributed by atoms with E-state index in [4.69, 9.17) is 4.42 Å². The minimum absolute atomic E-state index is 0.635. The number of fused-ring (bicyclic) bond motifs is 1. The van der Waals surface area contributed by atoms with Crippen LogP contribution in [-0.2, 0) is 6.54 Å². The van der Waals surface area contributed by atoms with Crippen molar-refractivity contribution in [2.24, 2.45) is 0 Å². The van der Waals surface area contributed by atoms with Crippen molar-refractivity contribution in [2.45, 2.75) is 20.4 Å². The molecule has 0 amide bonds. The van der Waals surface area contributed by atoms with Crippen molar-refractivity contribution in [3.63, 3.8) is 0 Å². The SMILES string of the molecule is Cc1c(C)n(Cc2ccco2)c2ncnc(Nc3ccc(Br)cn3)c12. The standard InChI is InChI=1S/C18H16BrN5O/c1-11-12(2)24(9-14-4-3-7-25-14)18-16(11)17(21-10-22-18)23-15-6-5-13(19)8-20-15/h3-8,10H,9H2,1-2H3,(H,20,21,22,23). The molecule has 4 aromatic heterocycles. The summed E-state index contributed by atoms with van der Waals surface area (Å²) in [5, 5.41) is 4.29. The highest BCUT2D eigenvalue weighted by Gasteiger charge is 2.17. The van der Waals surface area contributed by atoms with Crippen LogP contribution in [0.4, 0.5) is 11.6 Å². The van der Waals surface area contributed by atoms with Crippen LogP contribution in [0.15, 0.2) is 51.9 Å². The molecule has 0 aliphatic rings. The van der Waals surface area contributed by atoms with E-state index in [0.717, 1.165) is 44.2 Å². The minimum Gasteiger partial charge on any atom is -0.467 e. The first-order chi connectivity index (χ1) is 12.1. The molecule has 0 aliphatic carbocycles. The second-order valence-corrected chi connectivity index (χ2v) is 6.70. The summed E-state index contributed by atoms with van der Waals surface area (Å²) in [7, 11) is 0. The Kier molecular flexibility index (Phi) is 4.01. The van der Waals surface area contributed by atoms with Gasteiger partial charge in [-0.3, -0.25) is 0 Å². The van der Waals surface area contributed by atoms with E-state index < -0.39 is 0 Å². The zero-order chi connectivity index (χ0) is 17.4. The van der Waals surface area contributed by atoms with Crippen molar-refractivity contribution in [3.05, 3.63) is 64.5 Å². The van der Waals surface area contributed by atoms with Crippen LogP contribution in [-0.4, -0.2) is 19.5 Å². The Labute approximate surface area is 153 Å². The third-order valence-electron chi connectivity index (χ3n) is 4.27. The molecule has 0 unspecified atom stereocenters. The Morgan fingerprint density at radius 2 is 2.04 bits per heavy atom. The lowest BCUT2D eigenvalue weighted by Gasteiger charge is -2.07. The summed E-state index contributed by atoms with van der Waals surface area (Å²) < 4.78 is 8.57. The lowest BCUT2D eigenvalue weighted by atomic mass is 10.2. The highest BCUT2D eigenvalue weighted by Crippen LogP contribution is 2.30. The molecule has 25 heavy (non-hydrogen) atoms. The predicted molar refractivity (Wildman–Crippen MR) is 100 cm³/mol. The highest BCUT2D eigenvalue weighted by atomic mass is 79.9. The fraction of sp³-hybridized carbons (Fsp3) is 0.167. The highest BCUT2D eigenvalue weighted by molar-refractivity contribution is 9.10. The van der Waals surface area contributed by atoms with E-state index in [1.807, 2.05) is 24.3 Å². The van der Waals surface area contributed by atoms with Gasteiger partial charge in [0.1, 0.15) is 29.4 Å². The Hall–Kier alpha value is -2.67. The number of anilines is 2. The molecule has 0 saturated heterocycles. The summed E-state index contributed by atoms with van der Waals surface area (Å²) in [6.45, 7) is 4.80. The number of nitrogens with one attached hydrogen (secondary N) is 1. The van der Waals surface area contributed by atoms with Crippen LogP contribution < -0.4 is 5.32 Å². The molecular weight excluding hydrogens is 382 g/mol. The smallest absolute Gasteiger partial charge is 0.146 e. The molecule has 0 atom stereocenters. The van der Waals surface area contributed by atoms with Gasteiger partial charge in [0.15, 0.2) is 0 Å². The molecule has 4 heterocycles. The number of pyridine rings is 1. The average Bonchev–Trinajstić information content (AvgIpc) is 3.21. The molecule has 1 N–H and O–H groups in total. The van der Waals surface area contributed by atoms with Crippen molar-refractivity contribution in [1.29, 1.82) is 0 Å². The molecule has 0 bridgehead atoms. The number of furan rings is 1. The minimum atomic E-state index is 0.635. The third-order valence-corrected chi connectivity index (χ3v) is 4.74. The molecule has 126 valence electrons. The third kappa shape index (κ3) is 2.91. The van der Waals surface area contributed by atoms with Crippen LogP contribution in [0.1, 0.15) is 17.0 Å². The van der Waals surface area contributed by atoms with E-state index in [1.165, 1.54) is 0 Å². The first kappa shape index (κ1) is 15.8. The number of hydrogen-bond donors (Lipinski definition) is 1. The summed E-state index contributed by atoms with van der Waals surface area (Å²) in [6, 6.07) is 7.70. The lowest BCUT2D eigenvalue weighted by molar-refractivity contribution is 0.494. The fourth-order valence-electron chi connectivity index (χ4n) is 2.89. The van der Waals surface area contributed by atoms with Gasteiger partial charge in [-0.25, -0.2) is 15.0 Å². The second-order valence-electron chi connectivity index (χ2n) is 5.78. The van der Waals surface area contributed by atoms with Crippen molar-refractivity contribution in [3.8, 4) is 0 Å². The van der Waals surface area contributed by atoms with Crippen LogP contribution in [0.3, 0.4) is 0 Å². The largest absolute Gasteiger partial charge is 0.467 e. The molecule has 0 radical (unpaired) electrons. The summed E-state index contributed by atoms with van der Waals surface area (Å²) in [5.74, 6) is 2.38. The van der Waals surface area contributed by atoms with Crippen molar-refractivity contribution in [2.75, 3.05) is 5.32 Å². The van der Waals surface area contributed by atoms with Gasteiger partial charge in [0.25, 0.3) is 0 Å². The van der Waals surface area contributed by atoms with Crippen LogP contribution >= 0.6 is 15.9 Å². The molecule has 0 spiro atoms. The van der Waals surface area contributed by atoms with Crippen LogP contribution in [0.25, 0.3) is 11.0 Å². The van der Waals surface area contributed by atoms with Gasteiger partial charge < -0.3 is 14.3 Å². The molecule has 4 rings (SSSR count). The monoisotopic (exact) mass is 397 g/mol. The first-order valence-corrected chi connectivity index (χ1v) is 8.64. The summed E-state index contributed by atoms with van der Waals surface area (Å²) in [5.41, 5.74) is 3.15. The molecule has 0 fully saturated rings. The Bertz CT molecular complexity index is 1020. The zero-order valence-corrected chi connectivity index (χ0v) is 15.4. The van der Waals surface area contributed by atoms with Gasteiger partial charge in [0.2, 0.25) is 0 Å². The first-order valence-electron chi connectivity index (χ1n) is 7.85. The van der Waals surface area contributed by atoms with Gasteiger partial charge in [-0.05, 0) is 59.6 Å². The molecule has 0 aliphatic heterocycles. The van der Waals surface area contributed by atoms with E-state index in [0.29, 0.717) is 6.54 Å². The summed E-state index contributed by atoms with van der Waals surface area (Å²) in [6.07, 6.45) is 5.01. The van der Waals surface area contributed by atoms with Gasteiger partial charge in [0.05, 0.1) is 18.2 Å². The van der Waals surface area contributed by atoms with E-state index in [2.05, 4.69) is 54.6 Å². The fourth-order valence-corrected chi connectivity index (χ4v) is 3.12. The summed E-state index contributed by atoms with van der Waals surface area (Å²) >= 11 is 3.40. The van der Waals surface area contributed by atoms with E-state index in [-0.39, 0.29) is 0 Å². The van der Waals surface area contributed by atoms with Crippen LogP contribution in [0.5, 0.6) is 0 Å². The molecule has 0 saturated carbocycles. The topological polar surface area (TPSA) is 68.8 Å². The molecule has 7 heteroatoms. The quantitative estimate of drug-likeness (QED) is 0.545. The number of aryl methyl sites for hydroxylation is 1. The van der Waals surface area contributed by atoms with Gasteiger partial charge in [-0.15, -0.1) is 0 Å². The van der Waals surface area contributed by atoms with Crippen molar-refractivity contribution in [1.82, 2.24) is 19.5 Å². The molecule has 0 aromatic carbocycles. The van der Waals surface area contributed by atoms with Gasteiger partial charge in [0, 0.05) is 16.4 Å². The maximum atomic E-state index is 5.49. The normalized spacial score (nSPS) is 11.2. The van der Waals surface area contributed by atoms with E-state index >= 15 is 0 Å². The molecular formula is C18H16BrN5O. The van der Waals surface area contributed by atoms with Gasteiger partial charge in [-0.2, -0.15) is 0 Å². The van der Waals surface area contributed by atoms with Crippen LogP contribution in [0, 0.1) is 13.8 Å². The number of halogens is 1. The van der Waals surface area contributed by atoms with Gasteiger partial charge >= 0.3 is 0 Å². The van der Waals surface area contributed by atoms with Crippen LogP contribution in [0.2, 0.25) is 0 Å². The molecule has 6 nitrogen and oxygen atoms in total. The summed E-state index contributed by atoms with van der Waals surface area (Å²) in [4.78, 5) is 13.3. The van der Waals surface area contributed by atoms with Crippen molar-refractivity contribution < 1.29 is 4.42 Å². The lowest BCUT2D eigenvalue weighted by Crippen LogP contribution is -2.03.